The van der Waals surface area contributed by atoms with E-state index >= 15 is 0 Å². The fourth-order valence-corrected chi connectivity index (χ4v) is 1.31. The Morgan fingerprint density at radius 2 is 1.89 bits per heavy atom. The summed E-state index contributed by atoms with van der Waals surface area (Å²) in [7, 11) is 0. The van der Waals surface area contributed by atoms with Gasteiger partial charge in [0.05, 0.1) is 12.0 Å². The number of nitrogens with zero attached hydrogens (tertiary/aromatic N) is 1. The maximum absolute atomic E-state index is 11.7. The molecule has 0 aliphatic rings. The summed E-state index contributed by atoms with van der Waals surface area (Å²) in [4.78, 5) is 24.3. The van der Waals surface area contributed by atoms with Gasteiger partial charge in [-0.05, 0) is 33.6 Å². The minimum Gasteiger partial charge on any atom is -0.465 e. The average molecular weight is 277 g/mol. The van der Waals surface area contributed by atoms with E-state index < -0.39 is 11.5 Å². The molecule has 0 fully saturated rings. The predicted octanol–water partition coefficient (Wildman–Crippen LogP) is 2.66. The molecule has 0 saturated carbocycles. The molecule has 6 heteroatoms. The summed E-state index contributed by atoms with van der Waals surface area (Å²) in [5.74, 6) is -0.204. The smallest absolute Gasteiger partial charge is 0.421 e. The Balaban J connectivity index is 3.92. The zero-order valence-corrected chi connectivity index (χ0v) is 12.5. The van der Waals surface area contributed by atoms with Crippen LogP contribution in [0.25, 0.3) is 0 Å². The summed E-state index contributed by atoms with van der Waals surface area (Å²) < 4.78 is 9.50. The van der Waals surface area contributed by atoms with Crippen LogP contribution < -0.4 is 0 Å². The monoisotopic (exact) mass is 277 g/mol. The van der Waals surface area contributed by atoms with Crippen LogP contribution >= 0.6 is 12.9 Å². The lowest BCUT2D eigenvalue weighted by molar-refractivity contribution is -0.154. The fourth-order valence-electron chi connectivity index (χ4n) is 1.20. The van der Waals surface area contributed by atoms with Crippen LogP contribution in [0.5, 0.6) is 0 Å². The lowest BCUT2D eigenvalue weighted by Gasteiger charge is -2.21. The molecule has 0 aromatic rings. The molecular formula is C12H23NO4S. The largest absolute Gasteiger partial charge is 0.465 e. The van der Waals surface area contributed by atoms with Gasteiger partial charge in [-0.25, -0.2) is 4.79 Å². The highest BCUT2D eigenvalue weighted by atomic mass is 32.1. The second-order valence-electron chi connectivity index (χ2n) is 4.66. The minimum atomic E-state index is -0.485. The van der Waals surface area contributed by atoms with Gasteiger partial charge in [-0.15, -0.1) is 0 Å². The Morgan fingerprint density at radius 1 is 1.28 bits per heavy atom. The van der Waals surface area contributed by atoms with Gasteiger partial charge in [0.1, 0.15) is 0 Å². The molecule has 0 aliphatic carbocycles. The van der Waals surface area contributed by atoms with Crippen LogP contribution in [-0.4, -0.2) is 36.7 Å². The lowest BCUT2D eigenvalue weighted by Crippen LogP contribution is -2.32. The van der Waals surface area contributed by atoms with Crippen LogP contribution in [-0.2, 0) is 13.7 Å². The summed E-state index contributed by atoms with van der Waals surface area (Å²) in [5.41, 5.74) is -0.450. The molecule has 1 amide bonds. The second-order valence-corrected chi connectivity index (χ2v) is 4.85. The van der Waals surface area contributed by atoms with E-state index in [1.54, 1.807) is 0 Å². The predicted molar refractivity (Wildman–Crippen MR) is 72.4 cm³/mol. The van der Waals surface area contributed by atoms with E-state index in [0.29, 0.717) is 26.1 Å². The van der Waals surface area contributed by atoms with Crippen molar-refractivity contribution >= 4 is 25.0 Å². The molecule has 0 unspecified atom stereocenters. The summed E-state index contributed by atoms with van der Waals surface area (Å²) in [6, 6.07) is 0. The summed E-state index contributed by atoms with van der Waals surface area (Å²) in [6.45, 7) is 8.82. The minimum absolute atomic E-state index is 0.204. The van der Waals surface area contributed by atoms with E-state index in [9.17, 15) is 9.59 Å². The van der Waals surface area contributed by atoms with Crippen molar-refractivity contribution in [3.05, 3.63) is 0 Å². The Hall–Kier alpha value is -0.910. The molecule has 0 aliphatic heterocycles. The third-order valence-electron chi connectivity index (χ3n) is 2.96. The molecule has 0 spiro atoms. The number of rotatable bonds is 7. The summed E-state index contributed by atoms with van der Waals surface area (Å²) in [6.07, 6.45) is 0.835. The number of carbonyl (C=O) groups is 2. The van der Waals surface area contributed by atoms with Gasteiger partial charge in [0.15, 0.2) is 0 Å². The Labute approximate surface area is 114 Å². The number of carbonyl (C=O) groups excluding carboxylic acids is 2. The zero-order chi connectivity index (χ0) is 14.2. The number of thiol groups is 1. The van der Waals surface area contributed by atoms with E-state index in [0.717, 1.165) is 6.42 Å². The number of ether oxygens (including phenoxy) is 1. The van der Waals surface area contributed by atoms with E-state index in [2.05, 4.69) is 17.1 Å². The van der Waals surface area contributed by atoms with Gasteiger partial charge < -0.3 is 13.8 Å². The Bertz CT molecular complexity index is 281. The van der Waals surface area contributed by atoms with Crippen molar-refractivity contribution in [3.63, 3.8) is 0 Å². The fraction of sp³-hybridized carbons (Fsp3) is 0.833. The topological polar surface area (TPSA) is 55.8 Å². The van der Waals surface area contributed by atoms with E-state index in [1.807, 2.05) is 27.7 Å². The maximum Gasteiger partial charge on any atom is 0.421 e. The van der Waals surface area contributed by atoms with Crippen molar-refractivity contribution in [1.29, 1.82) is 0 Å². The van der Waals surface area contributed by atoms with Gasteiger partial charge in [0.25, 0.3) is 0 Å². The number of amides is 1. The first-order chi connectivity index (χ1) is 8.38. The molecule has 0 radical (unpaired) electrons. The third-order valence-corrected chi connectivity index (χ3v) is 3.12. The van der Waals surface area contributed by atoms with Crippen molar-refractivity contribution in [2.24, 2.45) is 5.41 Å². The van der Waals surface area contributed by atoms with Crippen LogP contribution in [0.15, 0.2) is 0 Å². The molecular weight excluding hydrogens is 254 g/mol. The van der Waals surface area contributed by atoms with Crippen LogP contribution in [0.1, 0.15) is 40.5 Å². The highest BCUT2D eigenvalue weighted by Crippen LogP contribution is 2.21. The highest BCUT2D eigenvalue weighted by Gasteiger charge is 2.26. The Morgan fingerprint density at radius 3 is 2.33 bits per heavy atom. The zero-order valence-electron chi connectivity index (χ0n) is 11.6. The van der Waals surface area contributed by atoms with Crippen LogP contribution in [0.4, 0.5) is 4.79 Å². The van der Waals surface area contributed by atoms with E-state index in [1.165, 1.54) is 4.90 Å². The van der Waals surface area contributed by atoms with Gasteiger partial charge in [-0.3, -0.25) is 4.79 Å². The molecule has 0 aromatic carbocycles. The van der Waals surface area contributed by atoms with E-state index in [4.69, 9.17) is 4.74 Å². The van der Waals surface area contributed by atoms with Gasteiger partial charge in [0.2, 0.25) is 0 Å². The first-order valence-corrected chi connectivity index (χ1v) is 6.53. The van der Waals surface area contributed by atoms with Crippen LogP contribution in [0.2, 0.25) is 0 Å². The van der Waals surface area contributed by atoms with Crippen molar-refractivity contribution in [3.8, 4) is 0 Å². The average Bonchev–Trinajstić information content (AvgIpc) is 2.37. The number of hydrogen-bond donors (Lipinski definition) is 1. The van der Waals surface area contributed by atoms with Crippen molar-refractivity contribution in [1.82, 2.24) is 4.90 Å². The molecule has 0 heterocycles. The first kappa shape index (κ1) is 17.1. The molecule has 0 rings (SSSR count). The van der Waals surface area contributed by atoms with Crippen LogP contribution in [0.3, 0.4) is 0 Å². The van der Waals surface area contributed by atoms with Crippen molar-refractivity contribution < 1.29 is 18.5 Å². The second kappa shape index (κ2) is 8.24. The quantitative estimate of drug-likeness (QED) is 0.336. The maximum atomic E-state index is 11.7. The van der Waals surface area contributed by atoms with Crippen molar-refractivity contribution in [2.45, 2.75) is 40.5 Å². The Kier molecular flexibility index (Phi) is 7.82. The summed E-state index contributed by atoms with van der Waals surface area (Å²) >= 11 is 3.46. The number of hydrogen-bond acceptors (Lipinski definition) is 5. The molecule has 0 atom stereocenters. The van der Waals surface area contributed by atoms with Gasteiger partial charge in [0, 0.05) is 26.0 Å². The molecule has 0 N–H and O–H groups in total. The molecule has 106 valence electrons. The van der Waals surface area contributed by atoms with Crippen molar-refractivity contribution in [2.75, 3.05) is 19.7 Å². The first-order valence-electron chi connectivity index (χ1n) is 6.16. The van der Waals surface area contributed by atoms with E-state index in [-0.39, 0.29) is 5.97 Å². The molecule has 0 saturated heterocycles. The summed E-state index contributed by atoms with van der Waals surface area (Å²) in [5, 5.41) is 0. The van der Waals surface area contributed by atoms with Gasteiger partial charge in [-0.2, -0.15) is 0 Å². The third kappa shape index (κ3) is 5.62. The lowest BCUT2D eigenvalue weighted by atomic mass is 9.91. The molecule has 5 nitrogen and oxygen atoms in total. The molecule has 0 bridgehead atoms. The SMILES string of the molecule is CCN(CCCOC(=O)C(C)(C)CC)C(=O)OS. The van der Waals surface area contributed by atoms with Gasteiger partial charge >= 0.3 is 12.1 Å². The molecule has 0 aromatic heterocycles. The standard InChI is InChI=1S/C12H23NO4S/c1-5-12(3,4)10(14)16-9-7-8-13(6-2)11(15)17-18/h18H,5-9H2,1-4H3. The van der Waals surface area contributed by atoms with Crippen LogP contribution in [0, 0.1) is 5.41 Å². The molecule has 18 heavy (non-hydrogen) atoms. The normalized spacial score (nSPS) is 10.9. The van der Waals surface area contributed by atoms with Gasteiger partial charge in [-0.1, -0.05) is 6.92 Å². The highest BCUT2D eigenvalue weighted by molar-refractivity contribution is 7.75. The number of esters is 1.